The van der Waals surface area contributed by atoms with Crippen LogP contribution in [-0.2, 0) is 17.8 Å². The summed E-state index contributed by atoms with van der Waals surface area (Å²) in [5, 5.41) is 3.32. The number of benzene rings is 2. The number of hydrogen-bond donors (Lipinski definition) is 1. The number of nitrogens with one attached hydrogen (secondary N) is 1. The van der Waals surface area contributed by atoms with Crippen LogP contribution in [0.25, 0.3) is 0 Å². The molecule has 0 saturated carbocycles. The van der Waals surface area contributed by atoms with Gasteiger partial charge in [-0.25, -0.2) is 0 Å². The first-order chi connectivity index (χ1) is 11.8. The molecule has 1 amide bonds. The molecular formula is C20H23N3O. The summed E-state index contributed by atoms with van der Waals surface area (Å²) in [5.41, 5.74) is 3.73. The second kappa shape index (κ2) is 6.65. The summed E-state index contributed by atoms with van der Waals surface area (Å²) in [6.07, 6.45) is 0.811. The first kappa shape index (κ1) is 15.2. The van der Waals surface area contributed by atoms with Gasteiger partial charge in [-0.15, -0.1) is 0 Å². The van der Waals surface area contributed by atoms with Crippen molar-refractivity contribution in [1.82, 2.24) is 10.2 Å². The third-order valence-corrected chi connectivity index (χ3v) is 5.00. The van der Waals surface area contributed by atoms with Crippen LogP contribution >= 0.6 is 0 Å². The Labute approximate surface area is 143 Å². The summed E-state index contributed by atoms with van der Waals surface area (Å²) in [5.74, 6) is 0.267. The molecule has 24 heavy (non-hydrogen) atoms. The standard InChI is InChI=1S/C20H23N3O/c24-20(22-12-10-21-11-13-22)19-14-17-8-4-5-9-18(17)23(19)15-16-6-2-1-3-7-16/h1-9,19,21H,10-15H2/t19-/m1/s1. The molecule has 1 N–H and O–H groups in total. The molecule has 1 saturated heterocycles. The van der Waals surface area contributed by atoms with Crippen LogP contribution in [-0.4, -0.2) is 43.0 Å². The maximum atomic E-state index is 13.1. The van der Waals surface area contributed by atoms with Gasteiger partial charge >= 0.3 is 0 Å². The Kier molecular flexibility index (Phi) is 4.22. The molecule has 0 unspecified atom stereocenters. The lowest BCUT2D eigenvalue weighted by Crippen LogP contribution is -2.53. The number of hydrogen-bond acceptors (Lipinski definition) is 3. The second-order valence-electron chi connectivity index (χ2n) is 6.54. The fraction of sp³-hybridized carbons (Fsp3) is 0.350. The Morgan fingerprint density at radius 3 is 2.50 bits per heavy atom. The topological polar surface area (TPSA) is 35.6 Å². The number of rotatable bonds is 3. The minimum Gasteiger partial charge on any atom is -0.355 e. The van der Waals surface area contributed by atoms with Crippen molar-refractivity contribution in [3.8, 4) is 0 Å². The van der Waals surface area contributed by atoms with Gasteiger partial charge in [-0.05, 0) is 17.2 Å². The van der Waals surface area contributed by atoms with Crippen molar-refractivity contribution in [3.63, 3.8) is 0 Å². The zero-order chi connectivity index (χ0) is 16.4. The summed E-state index contributed by atoms with van der Waals surface area (Å²) < 4.78 is 0. The van der Waals surface area contributed by atoms with Gasteiger partial charge in [0.05, 0.1) is 0 Å². The van der Waals surface area contributed by atoms with E-state index >= 15 is 0 Å². The third kappa shape index (κ3) is 2.89. The molecule has 4 heteroatoms. The number of para-hydroxylation sites is 1. The SMILES string of the molecule is O=C([C@H]1Cc2ccccc2N1Cc1ccccc1)N1CCNCC1. The fourth-order valence-electron chi connectivity index (χ4n) is 3.74. The zero-order valence-electron chi connectivity index (χ0n) is 13.8. The van der Waals surface area contributed by atoms with Gasteiger partial charge in [0.2, 0.25) is 5.91 Å². The quantitative estimate of drug-likeness (QED) is 0.940. The molecular weight excluding hydrogens is 298 g/mol. The molecule has 0 spiro atoms. The highest BCUT2D eigenvalue weighted by molar-refractivity contribution is 5.88. The van der Waals surface area contributed by atoms with Gasteiger partial charge in [-0.3, -0.25) is 4.79 Å². The number of fused-ring (bicyclic) bond motifs is 1. The van der Waals surface area contributed by atoms with E-state index in [1.807, 2.05) is 11.0 Å². The monoisotopic (exact) mass is 321 g/mol. The van der Waals surface area contributed by atoms with Gasteiger partial charge in [-0.2, -0.15) is 0 Å². The van der Waals surface area contributed by atoms with Crippen LogP contribution in [0.2, 0.25) is 0 Å². The number of anilines is 1. The van der Waals surface area contributed by atoms with E-state index in [0.29, 0.717) is 0 Å². The molecule has 2 heterocycles. The zero-order valence-corrected chi connectivity index (χ0v) is 13.8. The predicted octanol–water partition coefficient (Wildman–Crippen LogP) is 2.05. The second-order valence-corrected chi connectivity index (χ2v) is 6.54. The van der Waals surface area contributed by atoms with E-state index in [1.165, 1.54) is 16.8 Å². The van der Waals surface area contributed by atoms with Gasteiger partial charge in [0.25, 0.3) is 0 Å². The number of amides is 1. The van der Waals surface area contributed by atoms with Crippen LogP contribution in [0.3, 0.4) is 0 Å². The summed E-state index contributed by atoms with van der Waals surface area (Å²) in [4.78, 5) is 17.4. The number of nitrogens with zero attached hydrogens (tertiary/aromatic N) is 2. The lowest BCUT2D eigenvalue weighted by molar-refractivity contribution is -0.133. The molecule has 2 aromatic rings. The van der Waals surface area contributed by atoms with Gasteiger partial charge in [0.1, 0.15) is 6.04 Å². The molecule has 1 fully saturated rings. The fourth-order valence-corrected chi connectivity index (χ4v) is 3.74. The Hall–Kier alpha value is -2.33. The van der Waals surface area contributed by atoms with E-state index in [1.54, 1.807) is 0 Å². The Morgan fingerprint density at radius 2 is 1.71 bits per heavy atom. The molecule has 0 aliphatic carbocycles. The minimum absolute atomic E-state index is 0.0827. The molecule has 0 aromatic heterocycles. The largest absolute Gasteiger partial charge is 0.355 e. The van der Waals surface area contributed by atoms with Crippen LogP contribution in [0, 0.1) is 0 Å². The average Bonchev–Trinajstić information content (AvgIpc) is 3.01. The lowest BCUT2D eigenvalue weighted by atomic mass is 10.1. The van der Waals surface area contributed by atoms with Crippen LogP contribution in [0.5, 0.6) is 0 Å². The van der Waals surface area contributed by atoms with Crippen LogP contribution in [0.1, 0.15) is 11.1 Å². The molecule has 124 valence electrons. The van der Waals surface area contributed by atoms with Crippen molar-refractivity contribution < 1.29 is 4.79 Å². The minimum atomic E-state index is -0.0827. The van der Waals surface area contributed by atoms with Crippen LogP contribution in [0.15, 0.2) is 54.6 Å². The molecule has 4 nitrogen and oxygen atoms in total. The highest BCUT2D eigenvalue weighted by Gasteiger charge is 2.36. The van der Waals surface area contributed by atoms with Crippen molar-refractivity contribution >= 4 is 11.6 Å². The Morgan fingerprint density at radius 1 is 1.00 bits per heavy atom. The third-order valence-electron chi connectivity index (χ3n) is 5.00. The molecule has 0 radical (unpaired) electrons. The number of carbonyl (C=O) groups excluding carboxylic acids is 1. The number of piperazine rings is 1. The van der Waals surface area contributed by atoms with Crippen molar-refractivity contribution in [2.24, 2.45) is 0 Å². The Balaban J connectivity index is 1.61. The maximum absolute atomic E-state index is 13.1. The molecule has 4 rings (SSSR count). The Bertz CT molecular complexity index is 710. The molecule has 2 aliphatic rings. The molecule has 0 bridgehead atoms. The van der Waals surface area contributed by atoms with Gasteiger partial charge < -0.3 is 15.1 Å². The van der Waals surface area contributed by atoms with Gasteiger partial charge in [0.15, 0.2) is 0 Å². The first-order valence-electron chi connectivity index (χ1n) is 8.71. The van der Waals surface area contributed by atoms with Crippen molar-refractivity contribution in [1.29, 1.82) is 0 Å². The summed E-state index contributed by atoms with van der Waals surface area (Å²) >= 11 is 0. The maximum Gasteiger partial charge on any atom is 0.245 e. The van der Waals surface area contributed by atoms with Crippen molar-refractivity contribution in [2.75, 3.05) is 31.1 Å². The van der Waals surface area contributed by atoms with E-state index in [4.69, 9.17) is 0 Å². The first-order valence-corrected chi connectivity index (χ1v) is 8.71. The summed E-state index contributed by atoms with van der Waals surface area (Å²) in [7, 11) is 0. The predicted molar refractivity (Wildman–Crippen MR) is 96.0 cm³/mol. The molecule has 2 aliphatic heterocycles. The van der Waals surface area contributed by atoms with E-state index in [9.17, 15) is 4.79 Å². The highest BCUT2D eigenvalue weighted by atomic mass is 16.2. The normalized spacial score (nSPS) is 20.1. The average molecular weight is 321 g/mol. The van der Waals surface area contributed by atoms with E-state index < -0.39 is 0 Å². The summed E-state index contributed by atoms with van der Waals surface area (Å²) in [6.45, 7) is 4.18. The van der Waals surface area contributed by atoms with Gasteiger partial charge in [0, 0.05) is 44.8 Å². The highest BCUT2D eigenvalue weighted by Crippen LogP contribution is 2.34. The smallest absolute Gasteiger partial charge is 0.245 e. The van der Waals surface area contributed by atoms with Crippen LogP contribution < -0.4 is 10.2 Å². The molecule has 1 atom stereocenters. The number of carbonyl (C=O) groups is 1. The van der Waals surface area contributed by atoms with Crippen molar-refractivity contribution in [2.45, 2.75) is 19.0 Å². The van der Waals surface area contributed by atoms with E-state index in [-0.39, 0.29) is 11.9 Å². The van der Waals surface area contributed by atoms with Crippen molar-refractivity contribution in [3.05, 3.63) is 65.7 Å². The lowest BCUT2D eigenvalue weighted by Gasteiger charge is -2.34. The van der Waals surface area contributed by atoms with Gasteiger partial charge in [-0.1, -0.05) is 48.5 Å². The summed E-state index contributed by atoms with van der Waals surface area (Å²) in [6, 6.07) is 18.8. The van der Waals surface area contributed by atoms with E-state index in [2.05, 4.69) is 58.7 Å². The molecule has 2 aromatic carbocycles. The van der Waals surface area contributed by atoms with Crippen LogP contribution in [0.4, 0.5) is 5.69 Å². The van der Waals surface area contributed by atoms with E-state index in [0.717, 1.165) is 39.1 Å².